The lowest BCUT2D eigenvalue weighted by Gasteiger charge is -2.23. The lowest BCUT2D eigenvalue weighted by atomic mass is 9.95. The fraction of sp³-hybridized carbons (Fsp3) is 0.219. The molecule has 254 valence electrons. The number of phenols is 1. The Balaban J connectivity index is 0.000000606. The molecule has 0 radical (unpaired) electrons. The van der Waals surface area contributed by atoms with Crippen LogP contribution in [0.25, 0.3) is 28.1 Å². The summed E-state index contributed by atoms with van der Waals surface area (Å²) in [6.45, 7) is 1.86. The number of anilines is 1. The molecular formula is C32H26Cl2F3N7O5. The Morgan fingerprint density at radius 1 is 1.00 bits per heavy atom. The largest absolute Gasteiger partial charge is 0.508 e. The first-order valence-electron chi connectivity index (χ1n) is 14.6. The Hall–Kier alpha value is -5.28. The van der Waals surface area contributed by atoms with Gasteiger partial charge in [-0.2, -0.15) is 13.2 Å². The van der Waals surface area contributed by atoms with Gasteiger partial charge in [0.15, 0.2) is 5.15 Å². The van der Waals surface area contributed by atoms with Crippen LogP contribution < -0.4 is 10.9 Å². The Morgan fingerprint density at radius 3 is 2.43 bits per heavy atom. The maximum Gasteiger partial charge on any atom is 0.490 e. The molecule has 0 saturated heterocycles. The fourth-order valence-corrected chi connectivity index (χ4v) is 5.48. The van der Waals surface area contributed by atoms with Gasteiger partial charge in [0.2, 0.25) is 5.91 Å². The normalized spacial score (nSPS) is 16.2. The number of hydrogen-bond donors (Lipinski definition) is 3. The van der Waals surface area contributed by atoms with E-state index in [1.165, 1.54) is 23.1 Å². The molecule has 2 bridgehead atoms. The summed E-state index contributed by atoms with van der Waals surface area (Å²) in [5.74, 6) is -3.13. The average molecular weight is 717 g/mol. The molecule has 5 aromatic rings. The minimum absolute atomic E-state index is 0.0495. The van der Waals surface area contributed by atoms with E-state index in [0.717, 1.165) is 11.1 Å². The van der Waals surface area contributed by atoms with Gasteiger partial charge < -0.3 is 15.5 Å². The van der Waals surface area contributed by atoms with E-state index in [4.69, 9.17) is 33.1 Å². The number of carbonyl (C=O) groups excluding carboxylic acids is 1. The van der Waals surface area contributed by atoms with Gasteiger partial charge in [-0.1, -0.05) is 41.8 Å². The summed E-state index contributed by atoms with van der Waals surface area (Å²) in [4.78, 5) is 44.8. The van der Waals surface area contributed by atoms with Gasteiger partial charge in [-0.25, -0.2) is 14.5 Å². The zero-order chi connectivity index (χ0) is 35.5. The van der Waals surface area contributed by atoms with E-state index in [9.17, 15) is 27.9 Å². The number of carboxylic acid groups (broad SMARTS) is 1. The highest BCUT2D eigenvalue weighted by atomic mass is 35.5. The number of amides is 1. The van der Waals surface area contributed by atoms with Crippen LogP contribution in [0.5, 0.6) is 5.75 Å². The molecule has 2 atom stereocenters. The van der Waals surface area contributed by atoms with Crippen molar-refractivity contribution in [2.45, 2.75) is 38.4 Å². The minimum Gasteiger partial charge on any atom is -0.508 e. The van der Waals surface area contributed by atoms with E-state index in [0.29, 0.717) is 52.6 Å². The van der Waals surface area contributed by atoms with Gasteiger partial charge in [0, 0.05) is 40.4 Å². The molecule has 4 heterocycles. The lowest BCUT2D eigenvalue weighted by molar-refractivity contribution is -0.192. The molecule has 0 spiro atoms. The number of carboxylic acids is 1. The third-order valence-corrected chi connectivity index (χ3v) is 8.03. The number of phenolic OH excluding ortho intramolecular Hbond substituents is 1. The number of pyridine rings is 1. The zero-order valence-electron chi connectivity index (χ0n) is 25.4. The van der Waals surface area contributed by atoms with Crippen LogP contribution in [0.3, 0.4) is 0 Å². The van der Waals surface area contributed by atoms with Crippen LogP contribution in [-0.2, 0) is 9.59 Å². The summed E-state index contributed by atoms with van der Waals surface area (Å²) in [5, 5.41) is 28.8. The highest BCUT2D eigenvalue weighted by Crippen LogP contribution is 2.35. The number of nitrogens with zero attached hydrogens (tertiary/aromatic N) is 6. The van der Waals surface area contributed by atoms with Crippen molar-refractivity contribution in [1.29, 1.82) is 0 Å². The van der Waals surface area contributed by atoms with Gasteiger partial charge in [-0.3, -0.25) is 19.1 Å². The van der Waals surface area contributed by atoms with E-state index >= 15 is 0 Å². The number of fused-ring (bicyclic) bond motifs is 4. The van der Waals surface area contributed by atoms with Gasteiger partial charge in [0.25, 0.3) is 5.56 Å². The Kier molecular flexibility index (Phi) is 10.3. The Labute approximate surface area is 285 Å². The van der Waals surface area contributed by atoms with Gasteiger partial charge in [0.05, 0.1) is 41.3 Å². The molecule has 3 aromatic heterocycles. The summed E-state index contributed by atoms with van der Waals surface area (Å²) >= 11 is 12.3. The minimum atomic E-state index is -5.08. The van der Waals surface area contributed by atoms with E-state index in [1.807, 2.05) is 19.1 Å². The van der Waals surface area contributed by atoms with Crippen molar-refractivity contribution in [3.05, 3.63) is 99.5 Å². The van der Waals surface area contributed by atoms with Crippen LogP contribution in [0, 0.1) is 5.92 Å². The van der Waals surface area contributed by atoms with Crippen LogP contribution in [0.1, 0.15) is 37.9 Å². The number of benzene rings is 2. The van der Waals surface area contributed by atoms with Crippen molar-refractivity contribution < 1.29 is 33.0 Å². The van der Waals surface area contributed by atoms with Crippen molar-refractivity contribution >= 4 is 40.8 Å². The number of aliphatic carboxylic acids is 1. The second kappa shape index (κ2) is 14.5. The summed E-state index contributed by atoms with van der Waals surface area (Å²) in [5.41, 5.74) is 4.06. The Morgan fingerprint density at radius 2 is 1.76 bits per heavy atom. The van der Waals surface area contributed by atoms with Crippen LogP contribution in [0.15, 0.2) is 78.1 Å². The van der Waals surface area contributed by atoms with Crippen LogP contribution in [0.2, 0.25) is 10.2 Å². The highest BCUT2D eigenvalue weighted by Gasteiger charge is 2.38. The summed E-state index contributed by atoms with van der Waals surface area (Å²) < 4.78 is 34.8. The standard InChI is InChI=1S/C30H25Cl2N7O3.C2HF3O2/c1-17-3-2-4-27(25-11-18(9-10-33-25)21-7-6-20(40)13-24(21)35-30(17)42)38-16-34-23(14-29(38)41)22-12-19(31)5-8-26(22)39-15-28(32)36-37-39;3-2(4,5)1(6)7/h5-17,27,40H,2-4H2,1H3,(H,35,42);(H,6,7)/t17-,27+;/m1./s1. The molecule has 1 aliphatic rings. The van der Waals surface area contributed by atoms with E-state index in [1.54, 1.807) is 47.3 Å². The number of alkyl halides is 3. The molecule has 0 aliphatic carbocycles. The van der Waals surface area contributed by atoms with Gasteiger partial charge >= 0.3 is 12.1 Å². The molecular weight excluding hydrogens is 690 g/mol. The van der Waals surface area contributed by atoms with Gasteiger partial charge in [-0.05, 0) is 60.9 Å². The van der Waals surface area contributed by atoms with E-state index < -0.39 is 18.2 Å². The molecule has 6 rings (SSSR count). The number of aromatic nitrogens is 6. The summed E-state index contributed by atoms with van der Waals surface area (Å²) in [6, 6.07) is 14.8. The van der Waals surface area contributed by atoms with Crippen molar-refractivity contribution in [2.75, 3.05) is 5.32 Å². The van der Waals surface area contributed by atoms with Crippen molar-refractivity contribution in [3.8, 4) is 33.8 Å². The molecule has 1 aliphatic heterocycles. The molecule has 1 amide bonds. The molecule has 12 nitrogen and oxygen atoms in total. The molecule has 2 aromatic carbocycles. The SMILES string of the molecule is C[C@@H]1CCC[C@H](n2cnc(-c3cc(Cl)ccc3-n3cc(Cl)nn3)cc2=O)c2cc(ccn2)-c2ccc(O)cc2NC1=O.O=C(O)C(F)(F)F. The molecule has 49 heavy (non-hydrogen) atoms. The first-order valence-corrected chi connectivity index (χ1v) is 15.3. The number of halogens is 5. The second-order valence-corrected chi connectivity index (χ2v) is 11.8. The number of nitrogens with one attached hydrogen (secondary N) is 1. The monoisotopic (exact) mass is 715 g/mol. The predicted molar refractivity (Wildman–Crippen MR) is 174 cm³/mol. The van der Waals surface area contributed by atoms with Crippen molar-refractivity contribution in [2.24, 2.45) is 5.92 Å². The maximum atomic E-state index is 13.7. The maximum absolute atomic E-state index is 13.7. The van der Waals surface area contributed by atoms with Crippen LogP contribution >= 0.6 is 23.2 Å². The lowest BCUT2D eigenvalue weighted by Crippen LogP contribution is -2.27. The first-order chi connectivity index (χ1) is 23.2. The average Bonchev–Trinajstić information content (AvgIpc) is 3.48. The van der Waals surface area contributed by atoms with Gasteiger partial charge in [0.1, 0.15) is 5.75 Å². The number of rotatable bonds is 3. The van der Waals surface area contributed by atoms with Crippen molar-refractivity contribution in [1.82, 2.24) is 29.5 Å². The number of carbonyl (C=O) groups is 2. The third-order valence-electron chi connectivity index (χ3n) is 7.62. The molecule has 0 saturated carbocycles. The van der Waals surface area contributed by atoms with Crippen molar-refractivity contribution in [3.63, 3.8) is 0 Å². The van der Waals surface area contributed by atoms with Crippen LogP contribution in [-0.4, -0.2) is 57.8 Å². The molecule has 0 fully saturated rings. The van der Waals surface area contributed by atoms with E-state index in [2.05, 4.69) is 25.6 Å². The fourth-order valence-electron chi connectivity index (χ4n) is 5.19. The van der Waals surface area contributed by atoms with E-state index in [-0.39, 0.29) is 28.3 Å². The summed E-state index contributed by atoms with van der Waals surface area (Å²) in [6.07, 6.45) is 1.50. The predicted octanol–water partition coefficient (Wildman–Crippen LogP) is 6.55. The highest BCUT2D eigenvalue weighted by molar-refractivity contribution is 6.31. The molecule has 17 heteroatoms. The topological polar surface area (TPSA) is 165 Å². The summed E-state index contributed by atoms with van der Waals surface area (Å²) in [7, 11) is 0. The first kappa shape index (κ1) is 35.0. The molecule has 3 N–H and O–H groups in total. The Bertz CT molecular complexity index is 2090. The number of hydrogen-bond acceptors (Lipinski definition) is 8. The third kappa shape index (κ3) is 8.24. The quantitative estimate of drug-likeness (QED) is 0.188. The zero-order valence-corrected chi connectivity index (χ0v) is 26.9. The smallest absolute Gasteiger partial charge is 0.490 e. The number of aromatic hydroxyl groups is 1. The molecule has 0 unspecified atom stereocenters. The second-order valence-electron chi connectivity index (χ2n) is 11.0. The van der Waals surface area contributed by atoms with Crippen LogP contribution in [0.4, 0.5) is 18.9 Å². The van der Waals surface area contributed by atoms with Gasteiger partial charge in [-0.15, -0.1) is 5.10 Å².